The molecular weight excluding hydrogens is 246 g/mol. The second kappa shape index (κ2) is 6.51. The molecule has 3 N–H and O–H groups in total. The number of ether oxygens (including phenoxy) is 1. The number of nitrogens with zero attached hydrogens (tertiary/aromatic N) is 3. The fraction of sp³-hybridized carbons (Fsp3) is 0.750. The molecule has 1 aliphatic carbocycles. The summed E-state index contributed by atoms with van der Waals surface area (Å²) in [4.78, 5) is 12.6. The number of hydrogen-bond donors (Lipinski definition) is 3. The van der Waals surface area contributed by atoms with Gasteiger partial charge in [0.2, 0.25) is 11.9 Å². The van der Waals surface area contributed by atoms with E-state index in [1.807, 2.05) is 0 Å². The molecule has 0 bridgehead atoms. The van der Waals surface area contributed by atoms with Crippen LogP contribution in [0, 0.1) is 5.92 Å². The fourth-order valence-electron chi connectivity index (χ4n) is 1.95. The van der Waals surface area contributed by atoms with Crippen LogP contribution in [-0.2, 0) is 0 Å². The van der Waals surface area contributed by atoms with Crippen molar-refractivity contribution in [2.45, 2.75) is 32.3 Å². The van der Waals surface area contributed by atoms with Crippen LogP contribution in [0.1, 0.15) is 26.2 Å². The van der Waals surface area contributed by atoms with Crippen molar-refractivity contribution in [3.63, 3.8) is 0 Å². The van der Waals surface area contributed by atoms with Gasteiger partial charge < -0.3 is 20.5 Å². The number of hydrogen-bond acceptors (Lipinski definition) is 7. The van der Waals surface area contributed by atoms with Crippen LogP contribution in [0.15, 0.2) is 0 Å². The van der Waals surface area contributed by atoms with Crippen molar-refractivity contribution in [3.8, 4) is 6.01 Å². The van der Waals surface area contributed by atoms with Gasteiger partial charge in [0.25, 0.3) is 0 Å². The number of methoxy groups -OCH3 is 1. The maximum absolute atomic E-state index is 9.24. The van der Waals surface area contributed by atoms with Gasteiger partial charge in [-0.25, -0.2) is 0 Å². The number of rotatable bonds is 7. The minimum atomic E-state index is -0.138. The van der Waals surface area contributed by atoms with Crippen LogP contribution in [0.3, 0.4) is 0 Å². The highest BCUT2D eigenvalue weighted by molar-refractivity contribution is 5.35. The van der Waals surface area contributed by atoms with Gasteiger partial charge in [-0.3, -0.25) is 0 Å². The molecule has 1 fully saturated rings. The molecular formula is C12H21N5O2. The minimum absolute atomic E-state index is 0.138. The van der Waals surface area contributed by atoms with E-state index in [0.717, 1.165) is 32.4 Å². The summed E-state index contributed by atoms with van der Waals surface area (Å²) in [6.07, 6.45) is 2.55. The Bertz CT molecular complexity index is 409. The smallest absolute Gasteiger partial charge is 0.322 e. The molecule has 1 aliphatic rings. The monoisotopic (exact) mass is 267 g/mol. The topological polar surface area (TPSA) is 92.2 Å². The van der Waals surface area contributed by atoms with E-state index in [0.29, 0.717) is 23.8 Å². The third-order valence-electron chi connectivity index (χ3n) is 3.09. The lowest BCUT2D eigenvalue weighted by atomic mass is 9.82. The highest BCUT2D eigenvalue weighted by atomic mass is 16.5. The van der Waals surface area contributed by atoms with Crippen molar-refractivity contribution in [2.75, 3.05) is 30.8 Å². The summed E-state index contributed by atoms with van der Waals surface area (Å²) in [6, 6.07) is 0.296. The van der Waals surface area contributed by atoms with Crippen molar-refractivity contribution in [1.82, 2.24) is 15.0 Å². The van der Waals surface area contributed by atoms with Crippen LogP contribution in [0.5, 0.6) is 6.01 Å². The number of aliphatic hydroxyl groups excluding tert-OH is 1. The van der Waals surface area contributed by atoms with Gasteiger partial charge in [-0.2, -0.15) is 15.0 Å². The lowest BCUT2D eigenvalue weighted by molar-refractivity contribution is 0.0486. The van der Waals surface area contributed by atoms with Crippen LogP contribution in [0.4, 0.5) is 11.9 Å². The van der Waals surface area contributed by atoms with E-state index < -0.39 is 0 Å². The molecule has 1 heterocycles. The van der Waals surface area contributed by atoms with Crippen molar-refractivity contribution < 1.29 is 9.84 Å². The average molecular weight is 267 g/mol. The highest BCUT2D eigenvalue weighted by Gasteiger charge is 2.26. The average Bonchev–Trinajstić information content (AvgIpc) is 2.39. The maximum atomic E-state index is 9.24. The first kappa shape index (κ1) is 13.8. The number of anilines is 2. The molecule has 2 rings (SSSR count). The van der Waals surface area contributed by atoms with E-state index in [4.69, 9.17) is 4.74 Å². The number of aromatic nitrogens is 3. The third-order valence-corrected chi connectivity index (χ3v) is 3.09. The normalized spacial score (nSPS) is 21.6. The van der Waals surface area contributed by atoms with Gasteiger partial charge >= 0.3 is 6.01 Å². The summed E-state index contributed by atoms with van der Waals surface area (Å²) in [6.45, 7) is 3.64. The zero-order chi connectivity index (χ0) is 13.7. The van der Waals surface area contributed by atoms with E-state index in [9.17, 15) is 5.11 Å². The van der Waals surface area contributed by atoms with Gasteiger partial charge in [-0.15, -0.1) is 0 Å². The van der Waals surface area contributed by atoms with E-state index in [1.54, 1.807) is 0 Å². The zero-order valence-corrected chi connectivity index (χ0v) is 11.4. The summed E-state index contributed by atoms with van der Waals surface area (Å²) in [5.74, 6) is 1.52. The second-order valence-corrected chi connectivity index (χ2v) is 4.77. The molecule has 7 nitrogen and oxygen atoms in total. The van der Waals surface area contributed by atoms with Crippen molar-refractivity contribution in [3.05, 3.63) is 0 Å². The van der Waals surface area contributed by atoms with Gasteiger partial charge in [0.05, 0.1) is 13.2 Å². The van der Waals surface area contributed by atoms with Crippen LogP contribution in [0.25, 0.3) is 0 Å². The molecule has 106 valence electrons. The maximum Gasteiger partial charge on any atom is 0.322 e. The van der Waals surface area contributed by atoms with Crippen molar-refractivity contribution in [1.29, 1.82) is 0 Å². The van der Waals surface area contributed by atoms with Gasteiger partial charge in [0.1, 0.15) is 0 Å². The highest BCUT2D eigenvalue weighted by Crippen LogP contribution is 2.27. The molecule has 1 aromatic heterocycles. The van der Waals surface area contributed by atoms with Crippen molar-refractivity contribution >= 4 is 11.9 Å². The molecule has 7 heteroatoms. The summed E-state index contributed by atoms with van der Waals surface area (Å²) in [7, 11) is 1.53. The second-order valence-electron chi connectivity index (χ2n) is 4.77. The number of aliphatic hydroxyl groups is 1. The van der Waals surface area contributed by atoms with Gasteiger partial charge in [0.15, 0.2) is 0 Å². The molecule has 1 aromatic rings. The quantitative estimate of drug-likeness (QED) is 0.675. The van der Waals surface area contributed by atoms with E-state index in [1.165, 1.54) is 7.11 Å². The molecule has 0 aromatic carbocycles. The van der Waals surface area contributed by atoms with E-state index >= 15 is 0 Å². The Balaban J connectivity index is 1.93. The largest absolute Gasteiger partial charge is 0.467 e. The zero-order valence-electron chi connectivity index (χ0n) is 11.4. The fourth-order valence-corrected chi connectivity index (χ4v) is 1.95. The lowest BCUT2D eigenvalue weighted by Gasteiger charge is -2.31. The first-order valence-corrected chi connectivity index (χ1v) is 6.67. The van der Waals surface area contributed by atoms with Gasteiger partial charge in [0, 0.05) is 13.1 Å². The molecule has 0 unspecified atom stereocenters. The van der Waals surface area contributed by atoms with Crippen LogP contribution in [-0.4, -0.2) is 46.4 Å². The number of nitrogens with one attached hydrogen (secondary N) is 2. The molecule has 1 saturated carbocycles. The Kier molecular flexibility index (Phi) is 4.73. The summed E-state index contributed by atoms with van der Waals surface area (Å²) >= 11 is 0. The predicted octanol–water partition coefficient (Wildman–Crippen LogP) is 0.885. The minimum Gasteiger partial charge on any atom is -0.467 e. The molecule has 0 amide bonds. The Morgan fingerprint density at radius 3 is 2.47 bits per heavy atom. The summed E-state index contributed by atoms with van der Waals surface area (Å²) in [5, 5.41) is 15.5. The van der Waals surface area contributed by atoms with Gasteiger partial charge in [-0.1, -0.05) is 6.92 Å². The predicted molar refractivity (Wildman–Crippen MR) is 72.4 cm³/mol. The van der Waals surface area contributed by atoms with Crippen LogP contribution >= 0.6 is 0 Å². The first-order chi connectivity index (χ1) is 9.21. The van der Waals surface area contributed by atoms with Crippen LogP contribution in [0.2, 0.25) is 0 Å². The Morgan fingerprint density at radius 2 is 1.89 bits per heavy atom. The molecule has 19 heavy (non-hydrogen) atoms. The van der Waals surface area contributed by atoms with Crippen LogP contribution < -0.4 is 15.4 Å². The molecule has 0 spiro atoms. The standard InChI is InChI=1S/C12H21N5O2/c1-3-4-13-10-15-11(17-12(16-10)19-2)14-7-8-5-9(18)6-8/h8-9,18H,3-7H2,1-2H3,(H2,13,14,15,16,17). The summed E-state index contributed by atoms with van der Waals surface area (Å²) in [5.41, 5.74) is 0. The Morgan fingerprint density at radius 1 is 1.21 bits per heavy atom. The molecule has 0 saturated heterocycles. The lowest BCUT2D eigenvalue weighted by Crippen LogP contribution is -2.33. The molecule has 0 atom stereocenters. The SMILES string of the molecule is CCCNc1nc(NCC2CC(O)C2)nc(OC)n1. The van der Waals surface area contributed by atoms with E-state index in [-0.39, 0.29) is 6.10 Å². The summed E-state index contributed by atoms with van der Waals surface area (Å²) < 4.78 is 5.06. The van der Waals surface area contributed by atoms with Gasteiger partial charge in [-0.05, 0) is 25.2 Å². The molecule has 0 aliphatic heterocycles. The third kappa shape index (κ3) is 3.92. The van der Waals surface area contributed by atoms with Crippen molar-refractivity contribution in [2.24, 2.45) is 5.92 Å². The molecule has 0 radical (unpaired) electrons. The first-order valence-electron chi connectivity index (χ1n) is 6.67. The van der Waals surface area contributed by atoms with E-state index in [2.05, 4.69) is 32.5 Å². The Labute approximate surface area is 112 Å². The Hall–Kier alpha value is -1.63.